The van der Waals surface area contributed by atoms with Gasteiger partial charge in [-0.25, -0.2) is 0 Å². The number of hydrogen-bond donors (Lipinski definition) is 0. The number of esters is 1. The van der Waals surface area contributed by atoms with Gasteiger partial charge >= 0.3 is 5.97 Å². The van der Waals surface area contributed by atoms with Crippen LogP contribution in [-0.2, 0) is 19.7 Å². The fourth-order valence-corrected chi connectivity index (χ4v) is 2.99. The lowest BCUT2D eigenvalue weighted by Crippen LogP contribution is -2.31. The Bertz CT molecular complexity index is 540. The lowest BCUT2D eigenvalue weighted by Gasteiger charge is -2.10. The van der Waals surface area contributed by atoms with Crippen LogP contribution >= 0.6 is 0 Å². The Hall–Kier alpha value is -1.84. The predicted molar refractivity (Wildman–Crippen MR) is 66.3 cm³/mol. The van der Waals surface area contributed by atoms with Crippen LogP contribution in [0.2, 0.25) is 0 Å². The molecule has 0 bridgehead atoms. The summed E-state index contributed by atoms with van der Waals surface area (Å²) in [5.74, 6) is -0.547. The Kier molecular flexibility index (Phi) is 2.24. The highest BCUT2D eigenvalue weighted by atomic mass is 16.5. The standard InChI is InChI=1S/C14H15NO3/c1-3-18-12(16)10-8-14(10)9-6-4-5-7-11(9)15(2)13(14)17/h4-7,10H,3,8H2,1-2H3/t10-,14-/m1/s1. The first-order valence-electron chi connectivity index (χ1n) is 6.17. The molecule has 18 heavy (non-hydrogen) atoms. The highest BCUT2D eigenvalue weighted by molar-refractivity contribution is 6.13. The van der Waals surface area contributed by atoms with Crippen LogP contribution in [0.15, 0.2) is 24.3 Å². The zero-order valence-electron chi connectivity index (χ0n) is 10.5. The molecule has 1 spiro atoms. The average molecular weight is 245 g/mol. The van der Waals surface area contributed by atoms with Crippen LogP contribution in [0.5, 0.6) is 0 Å². The number of likely N-dealkylation sites (N-methyl/N-ethyl adjacent to an activating group) is 1. The van der Waals surface area contributed by atoms with Crippen LogP contribution < -0.4 is 4.90 Å². The summed E-state index contributed by atoms with van der Waals surface area (Å²) in [5.41, 5.74) is 1.24. The van der Waals surface area contributed by atoms with E-state index in [1.165, 1.54) is 0 Å². The lowest BCUT2D eigenvalue weighted by molar-refractivity contribution is -0.146. The molecule has 1 amide bonds. The van der Waals surface area contributed by atoms with Crippen molar-refractivity contribution in [3.05, 3.63) is 29.8 Å². The summed E-state index contributed by atoms with van der Waals surface area (Å²) in [4.78, 5) is 25.9. The summed E-state index contributed by atoms with van der Waals surface area (Å²) < 4.78 is 5.04. The largest absolute Gasteiger partial charge is 0.466 e. The van der Waals surface area contributed by atoms with Gasteiger partial charge in [0.1, 0.15) is 0 Å². The molecule has 1 saturated carbocycles. The van der Waals surface area contributed by atoms with Crippen molar-refractivity contribution in [1.29, 1.82) is 0 Å². The van der Waals surface area contributed by atoms with Crippen LogP contribution in [0.3, 0.4) is 0 Å². The Balaban J connectivity index is 2.00. The molecule has 2 aliphatic rings. The van der Waals surface area contributed by atoms with Crippen molar-refractivity contribution < 1.29 is 14.3 Å². The second-order valence-corrected chi connectivity index (χ2v) is 4.86. The van der Waals surface area contributed by atoms with E-state index in [-0.39, 0.29) is 17.8 Å². The van der Waals surface area contributed by atoms with Gasteiger partial charge in [-0.2, -0.15) is 0 Å². The molecule has 1 aromatic rings. The third-order valence-corrected chi connectivity index (χ3v) is 3.96. The van der Waals surface area contributed by atoms with Gasteiger partial charge in [-0.3, -0.25) is 9.59 Å². The highest BCUT2D eigenvalue weighted by Gasteiger charge is 2.69. The van der Waals surface area contributed by atoms with E-state index in [1.54, 1.807) is 18.9 Å². The van der Waals surface area contributed by atoms with E-state index < -0.39 is 5.41 Å². The van der Waals surface area contributed by atoms with Crippen LogP contribution in [0, 0.1) is 5.92 Å². The third kappa shape index (κ3) is 1.20. The molecule has 1 fully saturated rings. The second-order valence-electron chi connectivity index (χ2n) is 4.86. The molecule has 1 heterocycles. The van der Waals surface area contributed by atoms with Gasteiger partial charge in [0.2, 0.25) is 5.91 Å². The predicted octanol–water partition coefficient (Wildman–Crippen LogP) is 1.48. The normalized spacial score (nSPS) is 28.4. The molecule has 0 N–H and O–H groups in total. The SMILES string of the molecule is CCOC(=O)[C@H]1C[C@]12C(=O)N(C)c1ccccc12. The van der Waals surface area contributed by atoms with Crippen molar-refractivity contribution in [1.82, 2.24) is 0 Å². The van der Waals surface area contributed by atoms with Crippen LogP contribution in [-0.4, -0.2) is 25.5 Å². The fourth-order valence-electron chi connectivity index (χ4n) is 2.99. The van der Waals surface area contributed by atoms with E-state index in [0.29, 0.717) is 13.0 Å². The van der Waals surface area contributed by atoms with Crippen LogP contribution in [0.25, 0.3) is 0 Å². The fraction of sp³-hybridized carbons (Fsp3) is 0.429. The highest BCUT2D eigenvalue weighted by Crippen LogP contribution is 2.61. The second kappa shape index (κ2) is 3.57. The van der Waals surface area contributed by atoms with Gasteiger partial charge in [-0.15, -0.1) is 0 Å². The Labute approximate surface area is 106 Å². The summed E-state index contributed by atoms with van der Waals surface area (Å²) in [5, 5.41) is 0. The number of carbonyl (C=O) groups is 2. The molecular weight excluding hydrogens is 230 g/mol. The molecule has 0 radical (unpaired) electrons. The number of benzene rings is 1. The quantitative estimate of drug-likeness (QED) is 0.741. The maximum absolute atomic E-state index is 12.4. The number of nitrogens with zero attached hydrogens (tertiary/aromatic N) is 1. The molecule has 3 rings (SSSR count). The van der Waals surface area contributed by atoms with Crippen LogP contribution in [0.1, 0.15) is 18.9 Å². The van der Waals surface area contributed by atoms with Gasteiger partial charge in [-0.05, 0) is 25.0 Å². The van der Waals surface area contributed by atoms with Crippen molar-refractivity contribution in [2.45, 2.75) is 18.8 Å². The maximum Gasteiger partial charge on any atom is 0.310 e. The number of hydrogen-bond acceptors (Lipinski definition) is 3. The van der Waals surface area contributed by atoms with E-state index in [9.17, 15) is 9.59 Å². The van der Waals surface area contributed by atoms with E-state index >= 15 is 0 Å². The molecule has 0 aromatic heterocycles. The topological polar surface area (TPSA) is 46.6 Å². The van der Waals surface area contributed by atoms with Crippen molar-refractivity contribution >= 4 is 17.6 Å². The average Bonchev–Trinajstić information content (AvgIpc) is 3.09. The number of carbonyl (C=O) groups excluding carboxylic acids is 2. The van der Waals surface area contributed by atoms with Gasteiger partial charge < -0.3 is 9.64 Å². The van der Waals surface area contributed by atoms with Crippen molar-refractivity contribution in [2.75, 3.05) is 18.6 Å². The number of anilines is 1. The number of rotatable bonds is 2. The first-order valence-corrected chi connectivity index (χ1v) is 6.17. The summed E-state index contributed by atoms with van der Waals surface area (Å²) in [6, 6.07) is 7.68. The number of para-hydroxylation sites is 1. The molecule has 4 heteroatoms. The number of ether oxygens (including phenoxy) is 1. The maximum atomic E-state index is 12.4. The minimum Gasteiger partial charge on any atom is -0.466 e. The van der Waals surface area contributed by atoms with Gasteiger partial charge in [0.25, 0.3) is 0 Å². The minimum atomic E-state index is -0.641. The van der Waals surface area contributed by atoms with Crippen LogP contribution in [0.4, 0.5) is 5.69 Å². The minimum absolute atomic E-state index is 0.0155. The van der Waals surface area contributed by atoms with Crippen molar-refractivity contribution in [3.8, 4) is 0 Å². The van der Waals surface area contributed by atoms with E-state index in [1.807, 2.05) is 24.3 Å². The zero-order valence-corrected chi connectivity index (χ0v) is 10.5. The lowest BCUT2D eigenvalue weighted by atomic mass is 9.95. The zero-order chi connectivity index (χ0) is 12.9. The molecular formula is C14H15NO3. The van der Waals surface area contributed by atoms with Gasteiger partial charge in [0.15, 0.2) is 0 Å². The number of fused-ring (bicyclic) bond motifs is 2. The van der Waals surface area contributed by atoms with Gasteiger partial charge in [0.05, 0.1) is 17.9 Å². The summed E-state index contributed by atoms with van der Waals surface area (Å²) in [6.45, 7) is 2.14. The van der Waals surface area contributed by atoms with E-state index in [2.05, 4.69) is 0 Å². The van der Waals surface area contributed by atoms with Crippen molar-refractivity contribution in [3.63, 3.8) is 0 Å². The molecule has 2 atom stereocenters. The molecule has 94 valence electrons. The van der Waals surface area contributed by atoms with Gasteiger partial charge in [-0.1, -0.05) is 18.2 Å². The van der Waals surface area contributed by atoms with E-state index in [0.717, 1.165) is 11.3 Å². The summed E-state index contributed by atoms with van der Waals surface area (Å²) in [7, 11) is 1.76. The molecule has 1 aromatic carbocycles. The third-order valence-electron chi connectivity index (χ3n) is 3.96. The molecule has 0 saturated heterocycles. The Morgan fingerprint density at radius 2 is 2.22 bits per heavy atom. The smallest absolute Gasteiger partial charge is 0.310 e. The Morgan fingerprint density at radius 1 is 1.50 bits per heavy atom. The first-order chi connectivity index (χ1) is 8.63. The van der Waals surface area contributed by atoms with Crippen molar-refractivity contribution in [2.24, 2.45) is 5.92 Å². The monoisotopic (exact) mass is 245 g/mol. The Morgan fingerprint density at radius 3 is 2.94 bits per heavy atom. The molecule has 0 unspecified atom stereocenters. The van der Waals surface area contributed by atoms with Gasteiger partial charge in [0, 0.05) is 12.7 Å². The van der Waals surface area contributed by atoms with E-state index in [4.69, 9.17) is 4.74 Å². The molecule has 1 aliphatic heterocycles. The molecule has 4 nitrogen and oxygen atoms in total. The first kappa shape index (κ1) is 11.3. The molecule has 1 aliphatic carbocycles. The summed E-state index contributed by atoms with van der Waals surface area (Å²) in [6.07, 6.45) is 0.575. The summed E-state index contributed by atoms with van der Waals surface area (Å²) >= 11 is 0. The number of amides is 1.